The van der Waals surface area contributed by atoms with Crippen molar-refractivity contribution in [2.45, 2.75) is 24.8 Å². The van der Waals surface area contributed by atoms with Crippen LogP contribution in [0.3, 0.4) is 0 Å². The van der Waals surface area contributed by atoms with E-state index in [0.29, 0.717) is 4.90 Å². The second kappa shape index (κ2) is 3.62. The first-order valence-electron chi connectivity index (χ1n) is 3.91. The Bertz CT molecular complexity index is 230. The van der Waals surface area contributed by atoms with Gasteiger partial charge in [-0.1, -0.05) is 0 Å². The topological polar surface area (TPSA) is 29.5 Å². The SMILES string of the molecule is COC(=O)N1CC(F)CC1C(F)(F)F. The molecule has 0 spiro atoms. The normalized spacial score (nSPS) is 27.9. The van der Waals surface area contributed by atoms with Gasteiger partial charge in [-0.05, 0) is 0 Å². The molecule has 82 valence electrons. The number of carbonyl (C=O) groups is 1. The zero-order valence-electron chi connectivity index (χ0n) is 7.34. The number of carbonyl (C=O) groups excluding carboxylic acids is 1. The summed E-state index contributed by atoms with van der Waals surface area (Å²) >= 11 is 0. The fraction of sp³-hybridized carbons (Fsp3) is 0.857. The highest BCUT2D eigenvalue weighted by Gasteiger charge is 2.51. The second-order valence-corrected chi connectivity index (χ2v) is 3.01. The van der Waals surface area contributed by atoms with Gasteiger partial charge in [0.05, 0.1) is 13.7 Å². The predicted molar refractivity (Wildman–Crippen MR) is 38.5 cm³/mol. The van der Waals surface area contributed by atoms with Crippen LogP contribution in [-0.4, -0.2) is 43.0 Å². The quantitative estimate of drug-likeness (QED) is 0.576. The Morgan fingerprint density at radius 2 is 2.07 bits per heavy atom. The van der Waals surface area contributed by atoms with Crippen LogP contribution >= 0.6 is 0 Å². The first-order chi connectivity index (χ1) is 6.36. The summed E-state index contributed by atoms with van der Waals surface area (Å²) < 4.78 is 53.6. The van der Waals surface area contributed by atoms with Crippen LogP contribution in [-0.2, 0) is 4.74 Å². The minimum atomic E-state index is -4.60. The summed E-state index contributed by atoms with van der Waals surface area (Å²) in [5, 5.41) is 0. The minimum Gasteiger partial charge on any atom is -0.453 e. The first kappa shape index (κ1) is 11.1. The van der Waals surface area contributed by atoms with Gasteiger partial charge in [-0.25, -0.2) is 9.18 Å². The molecule has 2 unspecified atom stereocenters. The van der Waals surface area contributed by atoms with E-state index in [0.717, 1.165) is 7.11 Å². The van der Waals surface area contributed by atoms with Gasteiger partial charge in [0.15, 0.2) is 0 Å². The van der Waals surface area contributed by atoms with E-state index in [1.807, 2.05) is 0 Å². The highest BCUT2D eigenvalue weighted by atomic mass is 19.4. The standard InChI is InChI=1S/C7H9F4NO2/c1-14-6(13)12-3-4(8)2-5(12)7(9,10)11/h4-5H,2-3H2,1H3. The van der Waals surface area contributed by atoms with Gasteiger partial charge < -0.3 is 4.74 Å². The summed E-state index contributed by atoms with van der Waals surface area (Å²) in [4.78, 5) is 11.2. The molecule has 2 atom stereocenters. The van der Waals surface area contributed by atoms with Gasteiger partial charge in [-0.3, -0.25) is 4.90 Å². The molecule has 1 amide bonds. The minimum absolute atomic E-state index is 0.366. The molecular weight excluding hydrogens is 206 g/mol. The van der Waals surface area contributed by atoms with E-state index in [1.54, 1.807) is 0 Å². The van der Waals surface area contributed by atoms with Crippen LogP contribution in [0.25, 0.3) is 0 Å². The number of methoxy groups -OCH3 is 1. The van der Waals surface area contributed by atoms with Gasteiger partial charge >= 0.3 is 12.3 Å². The number of nitrogens with zero attached hydrogens (tertiary/aromatic N) is 1. The van der Waals surface area contributed by atoms with Crippen molar-refractivity contribution in [3.63, 3.8) is 0 Å². The Morgan fingerprint density at radius 3 is 2.50 bits per heavy atom. The van der Waals surface area contributed by atoms with Crippen molar-refractivity contribution >= 4 is 6.09 Å². The van der Waals surface area contributed by atoms with Crippen LogP contribution in [0.5, 0.6) is 0 Å². The fourth-order valence-corrected chi connectivity index (χ4v) is 1.41. The van der Waals surface area contributed by atoms with Gasteiger partial charge in [0.2, 0.25) is 0 Å². The molecule has 1 saturated heterocycles. The number of alkyl halides is 4. The molecule has 0 aliphatic carbocycles. The molecule has 1 heterocycles. The maximum atomic E-state index is 12.7. The van der Waals surface area contributed by atoms with E-state index < -0.39 is 37.4 Å². The zero-order chi connectivity index (χ0) is 10.9. The monoisotopic (exact) mass is 215 g/mol. The molecule has 0 saturated carbocycles. The third-order valence-corrected chi connectivity index (χ3v) is 2.04. The van der Waals surface area contributed by atoms with E-state index in [4.69, 9.17) is 0 Å². The van der Waals surface area contributed by atoms with Crippen molar-refractivity contribution < 1.29 is 27.1 Å². The summed E-state index contributed by atoms with van der Waals surface area (Å²) in [6.45, 7) is -0.559. The molecular formula is C7H9F4NO2. The molecule has 3 nitrogen and oxygen atoms in total. The molecule has 0 bridgehead atoms. The van der Waals surface area contributed by atoms with Crippen LogP contribution in [0.15, 0.2) is 0 Å². The van der Waals surface area contributed by atoms with Gasteiger partial charge in [0.25, 0.3) is 0 Å². The van der Waals surface area contributed by atoms with Crippen molar-refractivity contribution in [2.24, 2.45) is 0 Å². The van der Waals surface area contributed by atoms with Crippen molar-refractivity contribution in [3.05, 3.63) is 0 Å². The molecule has 0 N–H and O–H groups in total. The number of hydrogen-bond donors (Lipinski definition) is 0. The van der Waals surface area contributed by atoms with Crippen molar-refractivity contribution in [1.29, 1.82) is 0 Å². The number of halogens is 4. The number of likely N-dealkylation sites (tertiary alicyclic amines) is 1. The second-order valence-electron chi connectivity index (χ2n) is 3.01. The molecule has 7 heteroatoms. The van der Waals surface area contributed by atoms with E-state index in [-0.39, 0.29) is 0 Å². The van der Waals surface area contributed by atoms with E-state index in [1.165, 1.54) is 0 Å². The summed E-state index contributed by atoms with van der Waals surface area (Å²) in [6, 6.07) is -2.06. The van der Waals surface area contributed by atoms with Crippen LogP contribution < -0.4 is 0 Å². The first-order valence-corrected chi connectivity index (χ1v) is 3.91. The van der Waals surface area contributed by atoms with E-state index >= 15 is 0 Å². The van der Waals surface area contributed by atoms with Gasteiger partial charge in [-0.2, -0.15) is 13.2 Å². The number of rotatable bonds is 0. The van der Waals surface area contributed by atoms with Crippen LogP contribution in [0, 0.1) is 0 Å². The maximum Gasteiger partial charge on any atom is 0.410 e. The Hall–Kier alpha value is -1.01. The lowest BCUT2D eigenvalue weighted by atomic mass is 10.2. The molecule has 0 aromatic carbocycles. The lowest BCUT2D eigenvalue weighted by molar-refractivity contribution is -0.171. The van der Waals surface area contributed by atoms with Crippen LogP contribution in [0.4, 0.5) is 22.4 Å². The lowest BCUT2D eigenvalue weighted by Gasteiger charge is -2.24. The van der Waals surface area contributed by atoms with Crippen molar-refractivity contribution in [2.75, 3.05) is 13.7 Å². The smallest absolute Gasteiger partial charge is 0.410 e. The van der Waals surface area contributed by atoms with Gasteiger partial charge in [-0.15, -0.1) is 0 Å². The molecule has 1 aliphatic rings. The molecule has 0 radical (unpaired) electrons. The molecule has 0 aromatic rings. The van der Waals surface area contributed by atoms with Crippen LogP contribution in [0.1, 0.15) is 6.42 Å². The molecule has 14 heavy (non-hydrogen) atoms. The summed E-state index contributed by atoms with van der Waals surface area (Å²) in [6.07, 6.45) is -8.10. The van der Waals surface area contributed by atoms with Crippen molar-refractivity contribution in [1.82, 2.24) is 4.90 Å². The number of amides is 1. The fourth-order valence-electron chi connectivity index (χ4n) is 1.41. The summed E-state index contributed by atoms with van der Waals surface area (Å²) in [5.41, 5.74) is 0. The van der Waals surface area contributed by atoms with Crippen molar-refractivity contribution in [3.8, 4) is 0 Å². The highest BCUT2D eigenvalue weighted by molar-refractivity contribution is 5.68. The molecule has 1 aliphatic heterocycles. The summed E-state index contributed by atoms with van der Waals surface area (Å²) in [5.74, 6) is 0. The van der Waals surface area contributed by atoms with E-state index in [2.05, 4.69) is 4.74 Å². The summed E-state index contributed by atoms with van der Waals surface area (Å²) in [7, 11) is 0.960. The van der Waals surface area contributed by atoms with E-state index in [9.17, 15) is 22.4 Å². The average Bonchev–Trinajstić information content (AvgIpc) is 2.45. The van der Waals surface area contributed by atoms with Crippen LogP contribution in [0.2, 0.25) is 0 Å². The highest BCUT2D eigenvalue weighted by Crippen LogP contribution is 2.34. The number of hydrogen-bond acceptors (Lipinski definition) is 2. The molecule has 1 rings (SSSR count). The lowest BCUT2D eigenvalue weighted by Crippen LogP contribution is -2.44. The molecule has 1 fully saturated rings. The average molecular weight is 215 g/mol. The Kier molecular flexibility index (Phi) is 2.86. The Balaban J connectivity index is 2.78. The zero-order valence-corrected chi connectivity index (χ0v) is 7.34. The van der Waals surface area contributed by atoms with Gasteiger partial charge in [0, 0.05) is 6.42 Å². The van der Waals surface area contributed by atoms with Gasteiger partial charge in [0.1, 0.15) is 12.2 Å². The largest absolute Gasteiger partial charge is 0.453 e. The third kappa shape index (κ3) is 2.08. The molecule has 0 aromatic heterocycles. The maximum absolute atomic E-state index is 12.7. The Labute approximate surface area is 77.6 Å². The Morgan fingerprint density at radius 1 is 1.50 bits per heavy atom. The third-order valence-electron chi connectivity index (χ3n) is 2.04. The predicted octanol–water partition coefficient (Wildman–Crippen LogP) is 1.73. The number of ether oxygens (including phenoxy) is 1.